The molecule has 0 spiro atoms. The average molecular weight is 535 g/mol. The van der Waals surface area contributed by atoms with Gasteiger partial charge in [-0.3, -0.25) is 14.9 Å². The van der Waals surface area contributed by atoms with E-state index in [4.69, 9.17) is 18.5 Å². The first-order chi connectivity index (χ1) is 17.3. The highest BCUT2D eigenvalue weighted by Gasteiger charge is 2.37. The summed E-state index contributed by atoms with van der Waals surface area (Å²) in [7, 11) is -4.21. The molecule has 0 aromatic heterocycles. The number of nitro benzene ring substituents is 1. The zero-order chi connectivity index (χ0) is 27.2. The van der Waals surface area contributed by atoms with E-state index in [1.54, 1.807) is 51.1 Å². The first-order valence-corrected chi connectivity index (χ1v) is 13.1. The van der Waals surface area contributed by atoms with Gasteiger partial charge in [-0.1, -0.05) is 18.2 Å². The van der Waals surface area contributed by atoms with Crippen molar-refractivity contribution in [3.63, 3.8) is 0 Å². The van der Waals surface area contributed by atoms with Crippen LogP contribution in [0.2, 0.25) is 0 Å². The van der Waals surface area contributed by atoms with Crippen LogP contribution in [0.4, 0.5) is 10.5 Å². The summed E-state index contributed by atoms with van der Waals surface area (Å²) in [6.07, 6.45) is -0.626. The molecule has 3 rings (SSSR count). The van der Waals surface area contributed by atoms with Gasteiger partial charge in [-0.2, -0.15) is 5.09 Å². The molecule has 200 valence electrons. The number of likely N-dealkylation sites (tertiary alicyclic amines) is 1. The van der Waals surface area contributed by atoms with E-state index in [0.29, 0.717) is 13.0 Å². The van der Waals surface area contributed by atoms with Gasteiger partial charge < -0.3 is 23.4 Å². The van der Waals surface area contributed by atoms with E-state index in [0.717, 1.165) is 0 Å². The van der Waals surface area contributed by atoms with E-state index in [2.05, 4.69) is 5.09 Å². The smallest absolute Gasteiger partial charge is 0.459 e. The molecule has 0 saturated carbocycles. The second-order valence-electron chi connectivity index (χ2n) is 9.37. The van der Waals surface area contributed by atoms with Gasteiger partial charge in [-0.25, -0.2) is 9.36 Å². The predicted octanol–water partition coefficient (Wildman–Crippen LogP) is 4.69. The number of esters is 1. The molecular weight excluding hydrogens is 505 g/mol. The Hall–Kier alpha value is -3.63. The molecule has 2 aromatic carbocycles. The third-order valence-corrected chi connectivity index (χ3v) is 6.63. The number of hydrogen-bond donors (Lipinski definition) is 1. The Balaban J connectivity index is 1.66. The van der Waals surface area contributed by atoms with Crippen molar-refractivity contribution in [3.8, 4) is 11.5 Å². The quantitative estimate of drug-likeness (QED) is 0.208. The number of ether oxygens (including phenoxy) is 2. The number of carbonyl (C=O) groups is 2. The van der Waals surface area contributed by atoms with Gasteiger partial charge in [0.1, 0.15) is 29.2 Å². The first-order valence-electron chi connectivity index (χ1n) is 11.6. The minimum Gasteiger partial charge on any atom is -0.459 e. The highest BCUT2D eigenvalue weighted by molar-refractivity contribution is 7.52. The lowest BCUT2D eigenvalue weighted by molar-refractivity contribution is -0.384. The molecule has 1 amide bonds. The van der Waals surface area contributed by atoms with Crippen LogP contribution in [-0.4, -0.2) is 52.7 Å². The third kappa shape index (κ3) is 8.47. The Morgan fingerprint density at radius 3 is 2.24 bits per heavy atom. The largest absolute Gasteiger partial charge is 0.513 e. The SMILES string of the molecule is CC(NP(=O)(Oc1ccccc1)Oc1ccc([N+](=O)[O-])cc1)C(=O)O[C@@H]1CCN(C(=O)OC(C)(C)C)C1. The lowest BCUT2D eigenvalue weighted by Gasteiger charge is -2.25. The van der Waals surface area contributed by atoms with Gasteiger partial charge in [0.2, 0.25) is 0 Å². The summed E-state index contributed by atoms with van der Waals surface area (Å²) in [6, 6.07) is 12.0. The maximum Gasteiger partial charge on any atom is 0.513 e. The molecule has 1 saturated heterocycles. The standard InChI is InChI=1S/C24H30N3O9P/c1-17(22(28)33-21-14-15-26(16-21)23(29)34-24(2,3)4)25-37(32,35-19-8-6-5-7-9-19)36-20-12-10-18(11-13-20)27(30)31/h5-13,17,21H,14-16H2,1-4H3,(H,25,32)/t17?,21-,37?/m1/s1. The maximum atomic E-state index is 13.6. The van der Waals surface area contributed by atoms with E-state index < -0.39 is 42.5 Å². The van der Waals surface area contributed by atoms with Gasteiger partial charge in [0.25, 0.3) is 5.69 Å². The summed E-state index contributed by atoms with van der Waals surface area (Å²) in [4.78, 5) is 36.8. The summed E-state index contributed by atoms with van der Waals surface area (Å²) in [5.41, 5.74) is -0.818. The summed E-state index contributed by atoms with van der Waals surface area (Å²) < 4.78 is 35.6. The number of hydrogen-bond acceptors (Lipinski definition) is 9. The van der Waals surface area contributed by atoms with Gasteiger partial charge in [0.05, 0.1) is 11.5 Å². The van der Waals surface area contributed by atoms with Gasteiger partial charge in [-0.05, 0) is 52.0 Å². The number of nitrogens with one attached hydrogen (secondary N) is 1. The minimum atomic E-state index is -4.21. The number of para-hydroxylation sites is 1. The number of rotatable bonds is 9. The van der Waals surface area contributed by atoms with Crippen molar-refractivity contribution in [2.45, 2.75) is 51.9 Å². The van der Waals surface area contributed by atoms with E-state index in [-0.39, 0.29) is 23.7 Å². The van der Waals surface area contributed by atoms with Gasteiger partial charge in [-0.15, -0.1) is 0 Å². The molecule has 2 unspecified atom stereocenters. The molecular formula is C24H30N3O9P. The Morgan fingerprint density at radius 1 is 1.08 bits per heavy atom. The lowest BCUT2D eigenvalue weighted by Crippen LogP contribution is -2.39. The number of nitrogens with zero attached hydrogens (tertiary/aromatic N) is 2. The molecule has 1 heterocycles. The van der Waals surface area contributed by atoms with Crippen molar-refractivity contribution in [2.75, 3.05) is 13.1 Å². The van der Waals surface area contributed by atoms with Gasteiger partial charge in [0.15, 0.2) is 0 Å². The van der Waals surface area contributed by atoms with Crippen molar-refractivity contribution in [2.24, 2.45) is 0 Å². The lowest BCUT2D eigenvalue weighted by atomic mass is 10.2. The monoisotopic (exact) mass is 535 g/mol. The Morgan fingerprint density at radius 2 is 1.68 bits per heavy atom. The molecule has 1 fully saturated rings. The van der Waals surface area contributed by atoms with E-state index in [9.17, 15) is 24.3 Å². The summed E-state index contributed by atoms with van der Waals surface area (Å²) >= 11 is 0. The predicted molar refractivity (Wildman–Crippen MR) is 133 cm³/mol. The van der Waals surface area contributed by atoms with Crippen LogP contribution >= 0.6 is 7.75 Å². The van der Waals surface area contributed by atoms with Crippen LogP contribution in [0.5, 0.6) is 11.5 Å². The molecule has 0 bridgehead atoms. The van der Waals surface area contributed by atoms with Crippen LogP contribution < -0.4 is 14.1 Å². The summed E-state index contributed by atoms with van der Waals surface area (Å²) in [5, 5.41) is 13.5. The highest BCUT2D eigenvalue weighted by Crippen LogP contribution is 2.45. The van der Waals surface area contributed by atoms with Crippen LogP contribution in [-0.2, 0) is 18.8 Å². The Kier molecular flexibility index (Phi) is 8.77. The Labute approximate surface area is 214 Å². The molecule has 3 atom stereocenters. The zero-order valence-corrected chi connectivity index (χ0v) is 21.9. The molecule has 0 radical (unpaired) electrons. The minimum absolute atomic E-state index is 0.0294. The highest BCUT2D eigenvalue weighted by atomic mass is 31.2. The first kappa shape index (κ1) is 27.9. The fourth-order valence-electron chi connectivity index (χ4n) is 3.33. The van der Waals surface area contributed by atoms with Crippen LogP contribution in [0.3, 0.4) is 0 Å². The topological polar surface area (TPSA) is 147 Å². The van der Waals surface area contributed by atoms with Crippen LogP contribution in [0.1, 0.15) is 34.1 Å². The molecule has 0 aliphatic carbocycles. The van der Waals surface area contributed by atoms with Crippen molar-refractivity contribution in [1.29, 1.82) is 0 Å². The number of amides is 1. The van der Waals surface area contributed by atoms with E-state index in [1.807, 2.05) is 0 Å². The number of nitro groups is 1. The van der Waals surface area contributed by atoms with Crippen molar-refractivity contribution in [3.05, 3.63) is 64.7 Å². The molecule has 1 aliphatic heterocycles. The fourth-order valence-corrected chi connectivity index (χ4v) is 4.85. The third-order valence-electron chi connectivity index (χ3n) is 5.03. The number of carbonyl (C=O) groups excluding carboxylic acids is 2. The van der Waals surface area contributed by atoms with E-state index in [1.165, 1.54) is 36.1 Å². The molecule has 37 heavy (non-hydrogen) atoms. The molecule has 13 heteroatoms. The molecule has 2 aromatic rings. The summed E-state index contributed by atoms with van der Waals surface area (Å²) in [6.45, 7) is 7.27. The second kappa shape index (κ2) is 11.6. The van der Waals surface area contributed by atoms with Crippen molar-refractivity contribution in [1.82, 2.24) is 9.99 Å². The summed E-state index contributed by atoms with van der Waals surface area (Å²) in [5.74, 6) is -0.480. The maximum absolute atomic E-state index is 13.6. The molecule has 12 nitrogen and oxygen atoms in total. The van der Waals surface area contributed by atoms with Crippen LogP contribution in [0.25, 0.3) is 0 Å². The van der Waals surface area contributed by atoms with Crippen LogP contribution in [0, 0.1) is 10.1 Å². The second-order valence-corrected chi connectivity index (χ2v) is 11.0. The average Bonchev–Trinajstić information content (AvgIpc) is 3.27. The zero-order valence-electron chi connectivity index (χ0n) is 21.0. The van der Waals surface area contributed by atoms with Crippen LogP contribution in [0.15, 0.2) is 54.6 Å². The Bertz CT molecular complexity index is 1150. The number of benzene rings is 2. The van der Waals surface area contributed by atoms with Crippen molar-refractivity contribution < 1.29 is 37.6 Å². The molecule has 1 N–H and O–H groups in total. The van der Waals surface area contributed by atoms with Gasteiger partial charge in [0, 0.05) is 25.1 Å². The van der Waals surface area contributed by atoms with E-state index >= 15 is 0 Å². The fraction of sp³-hybridized carbons (Fsp3) is 0.417. The normalized spacial score (nSPS) is 17.8. The van der Waals surface area contributed by atoms with Gasteiger partial charge >= 0.3 is 19.8 Å². The molecule has 1 aliphatic rings. The van der Waals surface area contributed by atoms with Crippen molar-refractivity contribution >= 4 is 25.5 Å². The number of non-ortho nitro benzene ring substituents is 1.